The fourth-order valence-corrected chi connectivity index (χ4v) is 4.45. The number of carbonyl (C=O) groups excluding carboxylic acids is 1. The summed E-state index contributed by atoms with van der Waals surface area (Å²) in [6.07, 6.45) is 2.46. The minimum atomic E-state index is 0.151. The number of guanidine groups is 1. The molecule has 6 nitrogen and oxygen atoms in total. The SMILES string of the molecule is CCNC(=NCC1CCCN(Cc2cccs2)C1)N(C)CC(=O)N(CC)CC. The van der Waals surface area contributed by atoms with Crippen LogP contribution in [0.2, 0.25) is 0 Å². The number of thiophene rings is 1. The number of aliphatic imine (C=N–C) groups is 1. The summed E-state index contributed by atoms with van der Waals surface area (Å²) in [4.78, 5) is 25.1. The summed E-state index contributed by atoms with van der Waals surface area (Å²) in [5.41, 5.74) is 0. The van der Waals surface area contributed by atoms with Crippen LogP contribution in [0.25, 0.3) is 0 Å². The molecule has 7 heteroatoms. The Morgan fingerprint density at radius 1 is 1.36 bits per heavy atom. The maximum absolute atomic E-state index is 12.4. The molecule has 158 valence electrons. The highest BCUT2D eigenvalue weighted by Crippen LogP contribution is 2.20. The van der Waals surface area contributed by atoms with Crippen LogP contribution in [0.1, 0.15) is 38.5 Å². The normalized spacial score (nSPS) is 18.1. The number of likely N-dealkylation sites (N-methyl/N-ethyl adjacent to an activating group) is 2. The molecule has 1 N–H and O–H groups in total. The Balaban J connectivity index is 1.90. The van der Waals surface area contributed by atoms with Crippen molar-refractivity contribution in [1.29, 1.82) is 0 Å². The fourth-order valence-electron chi connectivity index (χ4n) is 3.71. The number of piperidine rings is 1. The number of hydrogen-bond donors (Lipinski definition) is 1. The highest BCUT2D eigenvalue weighted by molar-refractivity contribution is 7.09. The number of nitrogens with one attached hydrogen (secondary N) is 1. The van der Waals surface area contributed by atoms with Crippen molar-refractivity contribution < 1.29 is 4.79 Å². The Bertz CT molecular complexity index is 600. The maximum atomic E-state index is 12.4. The molecule has 0 saturated carbocycles. The average molecular weight is 408 g/mol. The molecule has 28 heavy (non-hydrogen) atoms. The van der Waals surface area contributed by atoms with Gasteiger partial charge in [-0.2, -0.15) is 0 Å². The lowest BCUT2D eigenvalue weighted by atomic mass is 9.98. The first-order chi connectivity index (χ1) is 13.6. The van der Waals surface area contributed by atoms with Gasteiger partial charge in [0, 0.05) is 51.2 Å². The number of hydrogen-bond acceptors (Lipinski definition) is 4. The van der Waals surface area contributed by atoms with Crippen molar-refractivity contribution in [3.63, 3.8) is 0 Å². The highest BCUT2D eigenvalue weighted by atomic mass is 32.1. The first kappa shape index (κ1) is 22.7. The zero-order chi connectivity index (χ0) is 20.4. The van der Waals surface area contributed by atoms with E-state index in [0.717, 1.165) is 45.2 Å². The van der Waals surface area contributed by atoms with Gasteiger partial charge in [0.1, 0.15) is 0 Å². The first-order valence-corrected chi connectivity index (χ1v) is 11.5. The van der Waals surface area contributed by atoms with Gasteiger partial charge in [-0.05, 0) is 57.5 Å². The van der Waals surface area contributed by atoms with Crippen LogP contribution < -0.4 is 5.32 Å². The van der Waals surface area contributed by atoms with Gasteiger partial charge < -0.3 is 15.1 Å². The molecular weight excluding hydrogens is 370 g/mol. The van der Waals surface area contributed by atoms with E-state index in [4.69, 9.17) is 4.99 Å². The molecule has 0 radical (unpaired) electrons. The average Bonchev–Trinajstić information content (AvgIpc) is 3.19. The second kappa shape index (κ2) is 12.1. The smallest absolute Gasteiger partial charge is 0.242 e. The van der Waals surface area contributed by atoms with Crippen LogP contribution in [0.15, 0.2) is 22.5 Å². The second-order valence-electron chi connectivity index (χ2n) is 7.44. The largest absolute Gasteiger partial charge is 0.357 e. The summed E-state index contributed by atoms with van der Waals surface area (Å²) in [5, 5.41) is 5.49. The van der Waals surface area contributed by atoms with Gasteiger partial charge in [-0.15, -0.1) is 11.3 Å². The molecule has 1 atom stereocenters. The van der Waals surface area contributed by atoms with Crippen molar-refractivity contribution in [2.24, 2.45) is 10.9 Å². The second-order valence-corrected chi connectivity index (χ2v) is 8.47. The predicted molar refractivity (Wildman–Crippen MR) is 119 cm³/mol. The zero-order valence-electron chi connectivity index (χ0n) is 18.0. The van der Waals surface area contributed by atoms with Crippen LogP contribution in [-0.4, -0.2) is 79.4 Å². The summed E-state index contributed by atoms with van der Waals surface area (Å²) in [5.74, 6) is 1.56. The molecule has 1 aromatic rings. The molecule has 1 aliphatic rings. The molecule has 1 fully saturated rings. The molecule has 1 amide bonds. The Kier molecular flexibility index (Phi) is 9.78. The highest BCUT2D eigenvalue weighted by Gasteiger charge is 2.21. The van der Waals surface area contributed by atoms with Gasteiger partial charge in [0.05, 0.1) is 6.54 Å². The van der Waals surface area contributed by atoms with Crippen molar-refractivity contribution in [2.45, 2.75) is 40.2 Å². The van der Waals surface area contributed by atoms with E-state index in [0.29, 0.717) is 12.5 Å². The van der Waals surface area contributed by atoms with E-state index >= 15 is 0 Å². The standard InChI is InChI=1S/C21H37N5OS/c1-5-22-21(24(4)17-20(27)26(6-2)7-3)23-14-18-10-8-12-25(15-18)16-19-11-9-13-28-19/h9,11,13,18H,5-8,10,12,14-17H2,1-4H3,(H,22,23). The molecule has 1 aliphatic heterocycles. The molecule has 1 aromatic heterocycles. The molecule has 1 saturated heterocycles. The van der Waals surface area contributed by atoms with Crippen LogP contribution >= 0.6 is 11.3 Å². The van der Waals surface area contributed by atoms with Crippen molar-refractivity contribution >= 4 is 23.2 Å². The third-order valence-electron chi connectivity index (χ3n) is 5.25. The van der Waals surface area contributed by atoms with E-state index in [1.165, 1.54) is 24.3 Å². The number of amides is 1. The van der Waals surface area contributed by atoms with E-state index in [9.17, 15) is 4.79 Å². The van der Waals surface area contributed by atoms with Crippen LogP contribution in [0.5, 0.6) is 0 Å². The predicted octanol–water partition coefficient (Wildman–Crippen LogP) is 2.73. The van der Waals surface area contributed by atoms with Crippen LogP contribution in [0.4, 0.5) is 0 Å². The van der Waals surface area contributed by atoms with Gasteiger partial charge >= 0.3 is 0 Å². The van der Waals surface area contributed by atoms with Crippen molar-refractivity contribution in [2.75, 3.05) is 52.9 Å². The van der Waals surface area contributed by atoms with E-state index in [1.807, 2.05) is 42.0 Å². The molecular formula is C21H37N5OS. The van der Waals surface area contributed by atoms with Gasteiger partial charge in [0.15, 0.2) is 5.96 Å². The number of likely N-dealkylation sites (tertiary alicyclic amines) is 1. The molecule has 0 bridgehead atoms. The Labute approximate surface area is 174 Å². The first-order valence-electron chi connectivity index (χ1n) is 10.6. The quantitative estimate of drug-likeness (QED) is 0.505. The number of nitrogens with zero attached hydrogens (tertiary/aromatic N) is 4. The summed E-state index contributed by atoms with van der Waals surface area (Å²) in [7, 11) is 1.95. The summed E-state index contributed by atoms with van der Waals surface area (Å²) < 4.78 is 0. The Hall–Kier alpha value is -1.60. The van der Waals surface area contributed by atoms with Gasteiger partial charge in [0.25, 0.3) is 0 Å². The van der Waals surface area contributed by atoms with Crippen LogP contribution in [0.3, 0.4) is 0 Å². The summed E-state index contributed by atoms with van der Waals surface area (Å²) in [6.45, 7) is 12.9. The summed E-state index contributed by atoms with van der Waals surface area (Å²) >= 11 is 1.84. The van der Waals surface area contributed by atoms with Crippen LogP contribution in [-0.2, 0) is 11.3 Å². The molecule has 2 rings (SSSR count). The number of carbonyl (C=O) groups is 1. The maximum Gasteiger partial charge on any atom is 0.242 e. The van der Waals surface area contributed by atoms with Gasteiger partial charge in [0.2, 0.25) is 5.91 Å². The van der Waals surface area contributed by atoms with Gasteiger partial charge in [-0.3, -0.25) is 14.7 Å². The monoisotopic (exact) mass is 407 g/mol. The lowest BCUT2D eigenvalue weighted by Crippen LogP contribution is -2.46. The molecule has 2 heterocycles. The Morgan fingerprint density at radius 2 is 2.14 bits per heavy atom. The van der Waals surface area contributed by atoms with E-state index < -0.39 is 0 Å². The minimum Gasteiger partial charge on any atom is -0.357 e. The topological polar surface area (TPSA) is 51.2 Å². The third kappa shape index (κ3) is 7.09. The van der Waals surface area contributed by atoms with Crippen molar-refractivity contribution in [3.05, 3.63) is 22.4 Å². The lowest BCUT2D eigenvalue weighted by molar-refractivity contribution is -0.131. The van der Waals surface area contributed by atoms with E-state index in [2.05, 4.69) is 34.7 Å². The summed E-state index contributed by atoms with van der Waals surface area (Å²) in [6, 6.07) is 4.35. The van der Waals surface area contributed by atoms with E-state index in [1.54, 1.807) is 0 Å². The molecule has 0 aromatic carbocycles. The fraction of sp³-hybridized carbons (Fsp3) is 0.714. The van der Waals surface area contributed by atoms with Crippen molar-refractivity contribution in [1.82, 2.24) is 20.0 Å². The Morgan fingerprint density at radius 3 is 2.79 bits per heavy atom. The minimum absolute atomic E-state index is 0.151. The molecule has 1 unspecified atom stereocenters. The van der Waals surface area contributed by atoms with Gasteiger partial charge in [-0.1, -0.05) is 6.07 Å². The zero-order valence-corrected chi connectivity index (χ0v) is 18.8. The third-order valence-corrected chi connectivity index (χ3v) is 6.11. The van der Waals surface area contributed by atoms with Crippen molar-refractivity contribution in [3.8, 4) is 0 Å². The molecule has 0 aliphatic carbocycles. The molecule has 0 spiro atoms. The lowest BCUT2D eigenvalue weighted by Gasteiger charge is -2.32. The number of rotatable bonds is 9. The van der Waals surface area contributed by atoms with Crippen LogP contribution in [0, 0.1) is 5.92 Å². The van der Waals surface area contributed by atoms with E-state index in [-0.39, 0.29) is 5.91 Å². The van der Waals surface area contributed by atoms with Gasteiger partial charge in [-0.25, -0.2) is 0 Å².